The highest BCUT2D eigenvalue weighted by Gasteiger charge is 2.52. The number of allylic oxidation sites excluding steroid dienone is 1. The van der Waals surface area contributed by atoms with Crippen LogP contribution < -0.4 is 5.32 Å². The fourth-order valence-electron chi connectivity index (χ4n) is 9.99. The molecule has 0 aromatic heterocycles. The van der Waals surface area contributed by atoms with Crippen LogP contribution in [0.3, 0.4) is 0 Å². The Labute approximate surface area is 472 Å². The molecule has 1 aliphatic heterocycles. The maximum absolute atomic E-state index is 14.1. The maximum Gasteiger partial charge on any atom is 0.220 e. The molecule has 1 heterocycles. The zero-order valence-electron chi connectivity index (χ0n) is 53.0. The third-order valence-corrected chi connectivity index (χ3v) is 18.7. The van der Waals surface area contributed by atoms with Crippen molar-refractivity contribution < 1.29 is 36.4 Å². The summed E-state index contributed by atoms with van der Waals surface area (Å²) in [5, 5.41) is 3.48. The summed E-state index contributed by atoms with van der Waals surface area (Å²) >= 11 is 0. The molecule has 1 rings (SSSR count). The third kappa shape index (κ3) is 42.5. The summed E-state index contributed by atoms with van der Waals surface area (Å²) in [6.45, 7) is 38.5. The summed E-state index contributed by atoms with van der Waals surface area (Å²) in [6, 6.07) is -0.418. The Morgan fingerprint density at radius 2 is 0.840 bits per heavy atom. The largest absolute Gasteiger partial charge is 0.415 e. The van der Waals surface area contributed by atoms with E-state index in [9.17, 15) is 4.79 Å². The van der Waals surface area contributed by atoms with Crippen LogP contribution in [0.25, 0.3) is 0 Å². The fourth-order valence-corrected chi connectivity index (χ4v) is 15.0. The molecule has 0 radical (unpaired) electrons. The molecule has 7 atom stereocenters. The molecule has 1 amide bonds. The van der Waals surface area contributed by atoms with E-state index in [-0.39, 0.29) is 24.7 Å². The van der Waals surface area contributed by atoms with Gasteiger partial charge in [0.05, 0.1) is 25.4 Å². The molecule has 446 valence electrons. The highest BCUT2D eigenvalue weighted by atomic mass is 28.4. The van der Waals surface area contributed by atoms with Gasteiger partial charge in [0.2, 0.25) is 5.91 Å². The lowest BCUT2D eigenvalue weighted by molar-refractivity contribution is -0.292. The number of hydrogen-bond acceptors (Lipinski definition) is 8. The van der Waals surface area contributed by atoms with Crippen LogP contribution in [0.15, 0.2) is 12.2 Å². The van der Waals surface area contributed by atoms with Crippen LogP contribution in [0.1, 0.15) is 219 Å². The van der Waals surface area contributed by atoms with E-state index in [1.807, 2.05) is 0 Å². The van der Waals surface area contributed by atoms with Crippen molar-refractivity contribution >= 4 is 47.5 Å². The molecule has 0 aromatic rings. The van der Waals surface area contributed by atoms with Crippen LogP contribution in [0.5, 0.6) is 0 Å². The summed E-state index contributed by atoms with van der Waals surface area (Å²) in [5.41, 5.74) is 0. The van der Waals surface area contributed by atoms with Gasteiger partial charge in [-0.1, -0.05) is 206 Å². The minimum absolute atomic E-state index is 0.0583. The van der Waals surface area contributed by atoms with Gasteiger partial charge in [-0.3, -0.25) is 4.79 Å². The van der Waals surface area contributed by atoms with Crippen molar-refractivity contribution in [3.05, 3.63) is 12.2 Å². The number of carbonyl (C=O) groups is 1. The summed E-state index contributed by atoms with van der Waals surface area (Å²) in [6.07, 6.45) is 43.1. The molecule has 0 aromatic carbocycles. The summed E-state index contributed by atoms with van der Waals surface area (Å²) in [5.74, 6) is 0.0583. The van der Waals surface area contributed by atoms with Gasteiger partial charge in [-0.25, -0.2) is 0 Å². The van der Waals surface area contributed by atoms with Crippen LogP contribution in [0.4, 0.5) is 0 Å². The van der Waals surface area contributed by atoms with E-state index in [1.54, 1.807) is 0 Å². The molecule has 1 saturated heterocycles. The van der Waals surface area contributed by atoms with E-state index in [1.165, 1.54) is 173 Å². The number of nitrogens with one attached hydrogen (secondary N) is 1. The van der Waals surface area contributed by atoms with Crippen molar-refractivity contribution in [1.29, 1.82) is 0 Å². The first-order valence-corrected chi connectivity index (χ1v) is 48.9. The zero-order valence-corrected chi connectivity index (χ0v) is 58.0. The molecule has 0 unspecified atom stereocenters. The summed E-state index contributed by atoms with van der Waals surface area (Å²) < 4.78 is 49.1. The van der Waals surface area contributed by atoms with Gasteiger partial charge in [0, 0.05) is 6.42 Å². The van der Waals surface area contributed by atoms with E-state index in [0.29, 0.717) is 13.0 Å². The smallest absolute Gasteiger partial charge is 0.220 e. The van der Waals surface area contributed by atoms with E-state index in [4.69, 9.17) is 31.6 Å². The van der Waals surface area contributed by atoms with Crippen molar-refractivity contribution in [3.63, 3.8) is 0 Å². The second-order valence-corrected chi connectivity index (χ2v) is 50.0. The Kier molecular flexibility index (Phi) is 40.0. The van der Waals surface area contributed by atoms with Crippen LogP contribution in [-0.2, 0) is 36.4 Å². The van der Waals surface area contributed by atoms with Crippen LogP contribution in [0, 0.1) is 0 Å². The van der Waals surface area contributed by atoms with Crippen molar-refractivity contribution in [2.24, 2.45) is 0 Å². The first-order valence-electron chi connectivity index (χ1n) is 31.8. The van der Waals surface area contributed by atoms with Crippen molar-refractivity contribution in [3.8, 4) is 0 Å². The lowest BCUT2D eigenvalue weighted by Crippen LogP contribution is -2.66. The van der Waals surface area contributed by atoms with E-state index in [0.717, 1.165) is 25.7 Å². The quantitative estimate of drug-likeness (QED) is 0.0366. The monoisotopic (exact) mass is 1140 g/mol. The molecule has 9 nitrogen and oxygen atoms in total. The standard InChI is InChI=1S/C61H129NO8Si5/c1-18-20-22-24-26-28-30-32-33-34-35-36-37-39-41-43-45-47-49-51-57(63)62-54(55(67-72(6,7)8)50-48-46-44-42-40-38-31-29-27-25-23-21-19-2)52-64-61-60(70-75(15,16)17)59(69-74(12,13)14)58(68-73(9,10)11)56(66-61)53-65-71(3,4)5/h48,50,54-56,58-61H,18-47,49,51-53H2,1-17H3,(H,62,63)/b50-48-/t54-,55+,56-,58-,59+,60-,61-/m1/s1. The van der Waals surface area contributed by atoms with Gasteiger partial charge in [0.15, 0.2) is 47.9 Å². The Morgan fingerprint density at radius 1 is 0.467 bits per heavy atom. The average molecular weight is 1150 g/mol. The van der Waals surface area contributed by atoms with E-state index in [2.05, 4.69) is 130 Å². The van der Waals surface area contributed by atoms with Crippen molar-refractivity contribution in [2.75, 3.05) is 13.2 Å². The topological polar surface area (TPSA) is 93.7 Å². The van der Waals surface area contributed by atoms with E-state index < -0.39 is 72.2 Å². The maximum atomic E-state index is 14.1. The van der Waals surface area contributed by atoms with Gasteiger partial charge in [0.1, 0.15) is 24.4 Å². The number of unbranched alkanes of at least 4 members (excludes halogenated alkanes) is 29. The number of ether oxygens (including phenoxy) is 2. The second-order valence-electron chi connectivity index (χ2n) is 27.6. The molecule has 0 spiro atoms. The molecule has 1 aliphatic rings. The summed E-state index contributed by atoms with van der Waals surface area (Å²) in [7, 11) is -10.4. The molecule has 0 bridgehead atoms. The van der Waals surface area contributed by atoms with Crippen LogP contribution >= 0.6 is 0 Å². The van der Waals surface area contributed by atoms with Crippen LogP contribution in [-0.4, -0.2) is 104 Å². The molecule has 75 heavy (non-hydrogen) atoms. The van der Waals surface area contributed by atoms with Gasteiger partial charge < -0.3 is 36.9 Å². The lowest BCUT2D eigenvalue weighted by atomic mass is 9.99. The van der Waals surface area contributed by atoms with Gasteiger partial charge in [-0.15, -0.1) is 0 Å². The Balaban J connectivity index is 3.17. The molecular weight excluding hydrogens is 1020 g/mol. The minimum Gasteiger partial charge on any atom is -0.415 e. The summed E-state index contributed by atoms with van der Waals surface area (Å²) in [4.78, 5) is 14.1. The van der Waals surface area contributed by atoms with Gasteiger partial charge >= 0.3 is 0 Å². The number of amides is 1. The van der Waals surface area contributed by atoms with Gasteiger partial charge in [0.25, 0.3) is 0 Å². The zero-order chi connectivity index (χ0) is 56.2. The first-order chi connectivity index (χ1) is 35.2. The lowest BCUT2D eigenvalue weighted by Gasteiger charge is -2.51. The normalized spacial score (nSPS) is 20.0. The molecular formula is C61H129NO8Si5. The second kappa shape index (κ2) is 41.1. The highest BCUT2D eigenvalue weighted by Crippen LogP contribution is 2.35. The Bertz CT molecular complexity index is 1410. The van der Waals surface area contributed by atoms with Gasteiger partial charge in [-0.2, -0.15) is 0 Å². The fraction of sp³-hybridized carbons (Fsp3) is 0.951. The highest BCUT2D eigenvalue weighted by molar-refractivity contribution is 6.71. The first kappa shape index (κ1) is 73.0. The number of hydrogen-bond donors (Lipinski definition) is 1. The molecule has 14 heteroatoms. The molecule has 0 aliphatic carbocycles. The van der Waals surface area contributed by atoms with Crippen LogP contribution in [0.2, 0.25) is 98.2 Å². The minimum atomic E-state index is -2.18. The SMILES string of the molecule is CCCCCCCCCCCCC/C=C\[C@H](O[Si](C)(C)C)[C@@H](CO[C@@H]1O[C@H](CO[Si](C)(C)C)[C@@H](O[Si](C)(C)C)[C@H](O[Si](C)(C)C)[C@H]1O[Si](C)(C)C)NC(=O)CCCCCCCCCCCCCCCCCCCCC. The van der Waals surface area contributed by atoms with Gasteiger partial charge in [-0.05, 0) is 117 Å². The molecule has 0 saturated carbocycles. The third-order valence-electron chi connectivity index (χ3n) is 13.7. The Morgan fingerprint density at radius 3 is 1.23 bits per heavy atom. The molecule has 1 fully saturated rings. The van der Waals surface area contributed by atoms with E-state index >= 15 is 0 Å². The predicted molar refractivity (Wildman–Crippen MR) is 337 cm³/mol. The van der Waals surface area contributed by atoms with Crippen molar-refractivity contribution in [2.45, 2.75) is 360 Å². The Hall–Kier alpha value is 0.0144. The number of rotatable bonds is 49. The number of carbonyl (C=O) groups excluding carboxylic acids is 1. The molecule has 1 N–H and O–H groups in total. The van der Waals surface area contributed by atoms with Crippen molar-refractivity contribution in [1.82, 2.24) is 5.32 Å². The predicted octanol–water partition coefficient (Wildman–Crippen LogP) is 19.0. The average Bonchev–Trinajstić information content (AvgIpc) is 3.28.